The van der Waals surface area contributed by atoms with Crippen LogP contribution in [0.3, 0.4) is 0 Å². The first kappa shape index (κ1) is 21.4. The lowest BCUT2D eigenvalue weighted by molar-refractivity contribution is 0.102. The normalized spacial score (nSPS) is 15.6. The van der Waals surface area contributed by atoms with Crippen LogP contribution in [0.4, 0.5) is 11.4 Å². The molecule has 3 aromatic rings. The summed E-state index contributed by atoms with van der Waals surface area (Å²) in [6, 6.07) is 17.1. The molecule has 1 N–H and O–H groups in total. The molecule has 0 saturated heterocycles. The van der Waals surface area contributed by atoms with Gasteiger partial charge in [0.05, 0.1) is 10.6 Å². The molecule has 7 heteroatoms. The van der Waals surface area contributed by atoms with Gasteiger partial charge in [0.1, 0.15) is 0 Å². The number of anilines is 2. The van der Waals surface area contributed by atoms with E-state index in [2.05, 4.69) is 5.32 Å². The number of aryl methyl sites for hydroxylation is 1. The minimum absolute atomic E-state index is 0.241. The highest BCUT2D eigenvalue weighted by molar-refractivity contribution is 7.92. The van der Waals surface area contributed by atoms with Gasteiger partial charge in [-0.1, -0.05) is 35.4 Å². The minimum Gasteiger partial charge on any atom is -0.322 e. The Kier molecular flexibility index (Phi) is 5.54. The summed E-state index contributed by atoms with van der Waals surface area (Å²) in [4.78, 5) is 13.1. The van der Waals surface area contributed by atoms with Gasteiger partial charge in [0.25, 0.3) is 15.9 Å². The highest BCUT2D eigenvalue weighted by atomic mass is 35.5. The van der Waals surface area contributed by atoms with Gasteiger partial charge in [-0.2, -0.15) is 0 Å². The molecule has 0 unspecified atom stereocenters. The van der Waals surface area contributed by atoms with E-state index in [1.165, 1.54) is 4.31 Å². The summed E-state index contributed by atoms with van der Waals surface area (Å²) in [5.41, 5.74) is 4.36. The van der Waals surface area contributed by atoms with Crippen LogP contribution in [0.25, 0.3) is 0 Å². The Bertz CT molecular complexity index is 1270. The molecular weight excluding hydrogens is 432 g/mol. The lowest BCUT2D eigenvalue weighted by atomic mass is 10.1. The molecule has 0 aliphatic carbocycles. The quantitative estimate of drug-likeness (QED) is 0.577. The molecule has 1 atom stereocenters. The number of hydrogen-bond donors (Lipinski definition) is 1. The van der Waals surface area contributed by atoms with E-state index in [4.69, 9.17) is 11.6 Å². The van der Waals surface area contributed by atoms with Crippen molar-refractivity contribution < 1.29 is 13.2 Å². The lowest BCUT2D eigenvalue weighted by Crippen LogP contribution is -2.35. The summed E-state index contributed by atoms with van der Waals surface area (Å²) >= 11 is 6.14. The van der Waals surface area contributed by atoms with Crippen molar-refractivity contribution in [1.29, 1.82) is 0 Å². The first-order valence-corrected chi connectivity index (χ1v) is 11.8. The van der Waals surface area contributed by atoms with Gasteiger partial charge in [-0.25, -0.2) is 8.42 Å². The smallest absolute Gasteiger partial charge is 0.264 e. The zero-order valence-corrected chi connectivity index (χ0v) is 19.1. The summed E-state index contributed by atoms with van der Waals surface area (Å²) in [5, 5.41) is 3.47. The van der Waals surface area contributed by atoms with Gasteiger partial charge >= 0.3 is 0 Å². The Morgan fingerprint density at radius 2 is 1.77 bits per heavy atom. The zero-order valence-electron chi connectivity index (χ0n) is 17.5. The third kappa shape index (κ3) is 3.93. The van der Waals surface area contributed by atoms with Crippen LogP contribution in [0.2, 0.25) is 5.02 Å². The van der Waals surface area contributed by atoms with Crippen LogP contribution in [-0.4, -0.2) is 20.4 Å². The van der Waals surface area contributed by atoms with Gasteiger partial charge in [-0.15, -0.1) is 0 Å². The van der Waals surface area contributed by atoms with E-state index in [1.807, 2.05) is 20.8 Å². The second-order valence-electron chi connectivity index (χ2n) is 7.88. The van der Waals surface area contributed by atoms with Gasteiger partial charge in [0, 0.05) is 22.3 Å². The van der Waals surface area contributed by atoms with Crippen molar-refractivity contribution in [2.24, 2.45) is 0 Å². The minimum atomic E-state index is -3.69. The SMILES string of the molecule is Cc1ccc(S(=O)(=O)N2c3ccc(C(=O)Nc4cccc(Cl)c4C)cc3C[C@H]2C)cc1. The zero-order chi connectivity index (χ0) is 22.3. The number of fused-ring (bicyclic) bond motifs is 1. The van der Waals surface area contributed by atoms with Crippen LogP contribution in [0, 0.1) is 13.8 Å². The molecule has 0 radical (unpaired) electrons. The van der Waals surface area contributed by atoms with E-state index in [0.29, 0.717) is 28.4 Å². The van der Waals surface area contributed by atoms with E-state index in [0.717, 1.165) is 16.7 Å². The molecule has 0 aromatic heterocycles. The maximum absolute atomic E-state index is 13.3. The first-order chi connectivity index (χ1) is 14.7. The van der Waals surface area contributed by atoms with Crippen molar-refractivity contribution in [2.75, 3.05) is 9.62 Å². The van der Waals surface area contributed by atoms with E-state index < -0.39 is 10.0 Å². The van der Waals surface area contributed by atoms with Crippen LogP contribution < -0.4 is 9.62 Å². The maximum Gasteiger partial charge on any atom is 0.264 e. The number of halogens is 1. The molecule has 3 aromatic carbocycles. The van der Waals surface area contributed by atoms with Crippen LogP contribution in [-0.2, 0) is 16.4 Å². The fourth-order valence-corrected chi connectivity index (χ4v) is 5.74. The van der Waals surface area contributed by atoms with Crippen molar-refractivity contribution in [3.8, 4) is 0 Å². The second kappa shape index (κ2) is 8.02. The molecule has 1 amide bonds. The van der Waals surface area contributed by atoms with E-state index in [9.17, 15) is 13.2 Å². The third-order valence-electron chi connectivity index (χ3n) is 5.59. The lowest BCUT2D eigenvalue weighted by Gasteiger charge is -2.24. The van der Waals surface area contributed by atoms with Crippen molar-refractivity contribution in [1.82, 2.24) is 0 Å². The number of sulfonamides is 1. The molecule has 31 heavy (non-hydrogen) atoms. The van der Waals surface area contributed by atoms with Crippen LogP contribution in [0.15, 0.2) is 65.6 Å². The Morgan fingerprint density at radius 1 is 1.06 bits per heavy atom. The molecule has 5 nitrogen and oxygen atoms in total. The monoisotopic (exact) mass is 454 g/mol. The predicted octanol–water partition coefficient (Wildman–Crippen LogP) is 5.35. The Labute approximate surface area is 187 Å². The number of nitrogens with one attached hydrogen (secondary N) is 1. The predicted molar refractivity (Wildman–Crippen MR) is 125 cm³/mol. The number of benzene rings is 3. The molecule has 4 rings (SSSR count). The average Bonchev–Trinajstić information content (AvgIpc) is 3.07. The number of hydrogen-bond acceptors (Lipinski definition) is 3. The molecule has 1 aliphatic rings. The van der Waals surface area contributed by atoms with Gasteiger partial charge in [0.2, 0.25) is 0 Å². The molecule has 0 fully saturated rings. The molecule has 0 saturated carbocycles. The molecule has 160 valence electrons. The fraction of sp³-hybridized carbons (Fsp3) is 0.208. The summed E-state index contributed by atoms with van der Waals surface area (Å²) in [5.74, 6) is -0.263. The topological polar surface area (TPSA) is 66.5 Å². The van der Waals surface area contributed by atoms with Crippen molar-refractivity contribution in [3.63, 3.8) is 0 Å². The number of carbonyl (C=O) groups is 1. The second-order valence-corrected chi connectivity index (χ2v) is 10.1. The molecule has 1 aliphatic heterocycles. The van der Waals surface area contributed by atoms with Gasteiger partial charge < -0.3 is 5.32 Å². The standard InChI is InChI=1S/C24H23ClN2O3S/c1-15-7-10-20(11-8-15)31(29,30)27-16(2)13-19-14-18(9-12-23(19)27)24(28)26-22-6-4-5-21(25)17(22)3/h4-12,14,16H,13H2,1-3H3,(H,26,28)/t16-/m1/s1. The molecular formula is C24H23ClN2O3S. The highest BCUT2D eigenvalue weighted by Gasteiger charge is 2.36. The van der Waals surface area contributed by atoms with Crippen LogP contribution in [0.5, 0.6) is 0 Å². The van der Waals surface area contributed by atoms with Crippen molar-refractivity contribution in [3.05, 3.63) is 87.9 Å². The number of carbonyl (C=O) groups excluding carboxylic acids is 1. The largest absolute Gasteiger partial charge is 0.322 e. The number of nitrogens with zero attached hydrogens (tertiary/aromatic N) is 1. The Balaban J connectivity index is 1.64. The Hall–Kier alpha value is -2.83. The average molecular weight is 455 g/mol. The highest BCUT2D eigenvalue weighted by Crippen LogP contribution is 2.37. The molecule has 1 heterocycles. The number of amides is 1. The van der Waals surface area contributed by atoms with Gasteiger partial charge in [-0.3, -0.25) is 9.10 Å². The summed E-state index contributed by atoms with van der Waals surface area (Å²) in [6.45, 7) is 5.64. The fourth-order valence-electron chi connectivity index (χ4n) is 3.87. The summed E-state index contributed by atoms with van der Waals surface area (Å²) in [7, 11) is -3.69. The first-order valence-electron chi connectivity index (χ1n) is 9.99. The third-order valence-corrected chi connectivity index (χ3v) is 7.94. The summed E-state index contributed by atoms with van der Waals surface area (Å²) in [6.07, 6.45) is 0.539. The number of rotatable bonds is 4. The molecule has 0 bridgehead atoms. The van der Waals surface area contributed by atoms with Gasteiger partial charge in [-0.05, 0) is 80.8 Å². The maximum atomic E-state index is 13.3. The van der Waals surface area contributed by atoms with Crippen molar-refractivity contribution in [2.45, 2.75) is 38.1 Å². The van der Waals surface area contributed by atoms with E-state index in [-0.39, 0.29) is 16.8 Å². The van der Waals surface area contributed by atoms with Crippen molar-refractivity contribution >= 4 is 38.9 Å². The summed E-state index contributed by atoms with van der Waals surface area (Å²) < 4.78 is 28.0. The molecule has 0 spiro atoms. The van der Waals surface area contributed by atoms with Crippen LogP contribution >= 0.6 is 11.6 Å². The Morgan fingerprint density at radius 3 is 2.48 bits per heavy atom. The van der Waals surface area contributed by atoms with Crippen LogP contribution in [0.1, 0.15) is 34.0 Å². The van der Waals surface area contributed by atoms with Gasteiger partial charge in [0.15, 0.2) is 0 Å². The van der Waals surface area contributed by atoms with E-state index >= 15 is 0 Å². The van der Waals surface area contributed by atoms with E-state index in [1.54, 1.807) is 60.7 Å².